The minimum absolute atomic E-state index is 0.0675. The van der Waals surface area contributed by atoms with Gasteiger partial charge in [-0.3, -0.25) is 4.79 Å². The van der Waals surface area contributed by atoms with Gasteiger partial charge in [-0.05, 0) is 74.1 Å². The van der Waals surface area contributed by atoms with Crippen molar-refractivity contribution in [2.75, 3.05) is 0 Å². The highest BCUT2D eigenvalue weighted by Gasteiger charge is 2.53. The van der Waals surface area contributed by atoms with E-state index in [2.05, 4.69) is 5.32 Å². The van der Waals surface area contributed by atoms with Crippen molar-refractivity contribution in [3.63, 3.8) is 0 Å². The second-order valence-corrected chi connectivity index (χ2v) is 10.0. The van der Waals surface area contributed by atoms with Crippen LogP contribution in [0.25, 0.3) is 0 Å². The maximum absolute atomic E-state index is 13.6. The minimum Gasteiger partial charge on any atom is -0.383 e. The SMILES string of the molecule is C[C@@H](O[C@H]1CC[C@@H]([C@]2(C)C[C@H](O)C(=O)N2)[C@@H]1c1ccc(F)cc1)c1cc(C(F)(F)F)cc(C(F)(F)F)c1. The summed E-state index contributed by atoms with van der Waals surface area (Å²) in [5.74, 6) is -1.76. The highest BCUT2D eigenvalue weighted by Crippen LogP contribution is 2.50. The Hall–Kier alpha value is -2.66. The average molecular weight is 533 g/mol. The number of hydrogen-bond acceptors (Lipinski definition) is 3. The summed E-state index contributed by atoms with van der Waals surface area (Å²) in [6.45, 7) is 3.16. The molecule has 1 amide bonds. The largest absolute Gasteiger partial charge is 0.416 e. The third-order valence-corrected chi connectivity index (χ3v) is 7.46. The first kappa shape index (κ1) is 27.4. The van der Waals surface area contributed by atoms with Crippen LogP contribution >= 0.6 is 0 Å². The Bertz CT molecular complexity index is 1120. The number of benzene rings is 2. The van der Waals surface area contributed by atoms with Gasteiger partial charge in [0.1, 0.15) is 11.9 Å². The molecule has 4 rings (SSSR count). The Kier molecular flexibility index (Phi) is 7.09. The number of ether oxygens (including phenoxy) is 1. The second-order valence-electron chi connectivity index (χ2n) is 10.0. The molecule has 1 heterocycles. The number of alkyl halides is 6. The van der Waals surface area contributed by atoms with Gasteiger partial charge in [-0.15, -0.1) is 0 Å². The monoisotopic (exact) mass is 533 g/mol. The molecule has 0 unspecified atom stereocenters. The topological polar surface area (TPSA) is 58.6 Å². The first-order valence-corrected chi connectivity index (χ1v) is 11.8. The van der Waals surface area contributed by atoms with Gasteiger partial charge in [0, 0.05) is 17.9 Å². The van der Waals surface area contributed by atoms with Crippen LogP contribution in [0, 0.1) is 11.7 Å². The van der Waals surface area contributed by atoms with E-state index >= 15 is 0 Å². The standard InChI is InChI=1S/C26H26F7NO3/c1-13(15-9-16(25(28,29)30)11-17(10-15)26(31,32)33)37-21-8-7-19(24(2)12-20(35)23(36)34-24)22(21)14-3-5-18(27)6-4-14/h3-6,9-11,13,19-22,35H,7-8,12H2,1-2H3,(H,34,36)/t13-,19-,20+,21+,22+,24+/m1/s1. The zero-order chi connectivity index (χ0) is 27.3. The van der Waals surface area contributed by atoms with E-state index in [1.165, 1.54) is 19.1 Å². The summed E-state index contributed by atoms with van der Waals surface area (Å²) in [5, 5.41) is 12.9. The van der Waals surface area contributed by atoms with Gasteiger partial charge in [0.15, 0.2) is 0 Å². The lowest BCUT2D eigenvalue weighted by atomic mass is 9.74. The van der Waals surface area contributed by atoms with E-state index in [0.29, 0.717) is 30.5 Å². The molecule has 11 heteroatoms. The molecule has 0 aromatic heterocycles. The summed E-state index contributed by atoms with van der Waals surface area (Å²) in [4.78, 5) is 12.1. The fourth-order valence-electron chi connectivity index (χ4n) is 5.67. The highest BCUT2D eigenvalue weighted by atomic mass is 19.4. The molecule has 202 valence electrons. The van der Waals surface area contributed by atoms with Crippen molar-refractivity contribution in [3.05, 3.63) is 70.5 Å². The van der Waals surface area contributed by atoms with Gasteiger partial charge in [-0.25, -0.2) is 4.39 Å². The van der Waals surface area contributed by atoms with Crippen molar-refractivity contribution in [1.82, 2.24) is 5.32 Å². The molecule has 4 nitrogen and oxygen atoms in total. The zero-order valence-corrected chi connectivity index (χ0v) is 20.0. The molecule has 1 saturated heterocycles. The molecule has 1 saturated carbocycles. The van der Waals surface area contributed by atoms with E-state index in [1.807, 2.05) is 0 Å². The predicted octanol–water partition coefficient (Wildman–Crippen LogP) is 6.14. The summed E-state index contributed by atoms with van der Waals surface area (Å²) in [6, 6.07) is 6.94. The van der Waals surface area contributed by atoms with Gasteiger partial charge in [0.2, 0.25) is 5.91 Å². The normalized spacial score (nSPS) is 29.4. The van der Waals surface area contributed by atoms with Gasteiger partial charge >= 0.3 is 12.4 Å². The van der Waals surface area contributed by atoms with Crippen LogP contribution in [0.15, 0.2) is 42.5 Å². The number of amides is 1. The molecule has 1 aliphatic heterocycles. The molecule has 2 aromatic carbocycles. The number of aliphatic hydroxyl groups is 1. The van der Waals surface area contributed by atoms with E-state index in [1.54, 1.807) is 19.1 Å². The lowest BCUT2D eigenvalue weighted by molar-refractivity contribution is -0.143. The second kappa shape index (κ2) is 9.58. The van der Waals surface area contributed by atoms with Crippen LogP contribution in [-0.4, -0.2) is 28.8 Å². The van der Waals surface area contributed by atoms with Crippen LogP contribution < -0.4 is 5.32 Å². The average Bonchev–Trinajstić information content (AvgIpc) is 3.33. The molecule has 0 spiro atoms. The van der Waals surface area contributed by atoms with E-state index in [9.17, 15) is 40.6 Å². The van der Waals surface area contributed by atoms with Gasteiger partial charge in [-0.1, -0.05) is 12.1 Å². The quantitative estimate of drug-likeness (QED) is 0.454. The summed E-state index contributed by atoms with van der Waals surface area (Å²) in [6.07, 6.45) is -11.9. The van der Waals surface area contributed by atoms with Crippen molar-refractivity contribution < 1.29 is 45.4 Å². The molecule has 1 aliphatic carbocycles. The van der Waals surface area contributed by atoms with E-state index in [-0.39, 0.29) is 24.0 Å². The van der Waals surface area contributed by atoms with Crippen LogP contribution in [0.1, 0.15) is 67.4 Å². The van der Waals surface area contributed by atoms with Gasteiger partial charge in [0.25, 0.3) is 0 Å². The van der Waals surface area contributed by atoms with Crippen molar-refractivity contribution in [1.29, 1.82) is 0 Å². The third kappa shape index (κ3) is 5.62. The Morgan fingerprint density at radius 3 is 2.05 bits per heavy atom. The summed E-state index contributed by atoms with van der Waals surface area (Å²) < 4.78 is 99.9. The smallest absolute Gasteiger partial charge is 0.383 e. The summed E-state index contributed by atoms with van der Waals surface area (Å²) in [7, 11) is 0. The molecule has 2 aliphatic rings. The lowest BCUT2D eigenvalue weighted by Gasteiger charge is -2.37. The summed E-state index contributed by atoms with van der Waals surface area (Å²) in [5.41, 5.74) is -3.32. The van der Waals surface area contributed by atoms with Gasteiger partial charge in [0.05, 0.1) is 23.3 Å². The van der Waals surface area contributed by atoms with E-state index in [4.69, 9.17) is 4.74 Å². The molecule has 0 bridgehead atoms. The van der Waals surface area contributed by atoms with Crippen molar-refractivity contribution in [2.45, 2.75) is 75.2 Å². The number of halogens is 7. The van der Waals surface area contributed by atoms with Crippen molar-refractivity contribution in [2.24, 2.45) is 5.92 Å². The summed E-state index contributed by atoms with van der Waals surface area (Å²) >= 11 is 0. The van der Waals surface area contributed by atoms with E-state index in [0.717, 1.165) is 0 Å². The van der Waals surface area contributed by atoms with Crippen LogP contribution in [0.3, 0.4) is 0 Å². The molecular formula is C26H26F7NO3. The Balaban J connectivity index is 1.67. The van der Waals surface area contributed by atoms with Crippen LogP contribution in [0.4, 0.5) is 30.7 Å². The first-order valence-electron chi connectivity index (χ1n) is 11.8. The number of hydrogen-bond donors (Lipinski definition) is 2. The van der Waals surface area contributed by atoms with E-state index < -0.39 is 65.0 Å². The van der Waals surface area contributed by atoms with Crippen LogP contribution in [-0.2, 0) is 21.9 Å². The van der Waals surface area contributed by atoms with Gasteiger partial charge in [-0.2, -0.15) is 26.3 Å². The molecule has 37 heavy (non-hydrogen) atoms. The minimum atomic E-state index is -4.99. The highest BCUT2D eigenvalue weighted by molar-refractivity contribution is 5.84. The number of rotatable bonds is 5. The predicted molar refractivity (Wildman–Crippen MR) is 119 cm³/mol. The molecular weight excluding hydrogens is 507 g/mol. The lowest BCUT2D eigenvalue weighted by Crippen LogP contribution is -2.47. The molecule has 2 N–H and O–H groups in total. The Labute approximate surface area is 208 Å². The maximum Gasteiger partial charge on any atom is 0.416 e. The Morgan fingerprint density at radius 2 is 1.57 bits per heavy atom. The maximum atomic E-state index is 13.6. The number of aliphatic hydroxyl groups excluding tert-OH is 1. The molecule has 2 aromatic rings. The third-order valence-electron chi connectivity index (χ3n) is 7.46. The van der Waals surface area contributed by atoms with Crippen LogP contribution in [0.5, 0.6) is 0 Å². The number of carbonyl (C=O) groups is 1. The molecule has 2 fully saturated rings. The first-order chi connectivity index (χ1) is 17.1. The fraction of sp³-hybridized carbons (Fsp3) is 0.500. The van der Waals surface area contributed by atoms with Crippen molar-refractivity contribution >= 4 is 5.91 Å². The molecule has 6 atom stereocenters. The fourth-order valence-corrected chi connectivity index (χ4v) is 5.67. The van der Waals surface area contributed by atoms with Gasteiger partial charge < -0.3 is 15.2 Å². The van der Waals surface area contributed by atoms with Crippen molar-refractivity contribution in [3.8, 4) is 0 Å². The Morgan fingerprint density at radius 1 is 1.00 bits per heavy atom. The number of nitrogens with one attached hydrogen (secondary N) is 1. The number of carbonyl (C=O) groups excluding carboxylic acids is 1. The zero-order valence-electron chi connectivity index (χ0n) is 20.0. The van der Waals surface area contributed by atoms with Crippen LogP contribution in [0.2, 0.25) is 0 Å². The molecule has 0 radical (unpaired) electrons.